The number of likely N-dealkylation sites (tertiary alicyclic amines) is 2. The molecule has 0 aromatic heterocycles. The summed E-state index contributed by atoms with van der Waals surface area (Å²) in [4.78, 5) is 40.8. The van der Waals surface area contributed by atoms with Crippen LogP contribution < -0.4 is 5.32 Å². The minimum atomic E-state index is -0.207. The summed E-state index contributed by atoms with van der Waals surface area (Å²) in [6.45, 7) is 7.24. The van der Waals surface area contributed by atoms with Crippen LogP contribution in [0.1, 0.15) is 39.2 Å². The van der Waals surface area contributed by atoms with Crippen LogP contribution in [0.3, 0.4) is 0 Å². The van der Waals surface area contributed by atoms with Crippen molar-refractivity contribution in [3.63, 3.8) is 0 Å². The summed E-state index contributed by atoms with van der Waals surface area (Å²) in [7, 11) is 0. The van der Waals surface area contributed by atoms with E-state index in [1.165, 1.54) is 10.5 Å². The van der Waals surface area contributed by atoms with Gasteiger partial charge in [-0.1, -0.05) is 45.1 Å². The molecule has 0 spiro atoms. The number of hydrogen-bond donors (Lipinski definition) is 1. The highest BCUT2D eigenvalue weighted by Crippen LogP contribution is 2.37. The predicted octanol–water partition coefficient (Wildman–Crippen LogP) is 3.15. The van der Waals surface area contributed by atoms with E-state index >= 15 is 0 Å². The molecule has 0 radical (unpaired) electrons. The van der Waals surface area contributed by atoms with Gasteiger partial charge in [-0.2, -0.15) is 0 Å². The van der Waals surface area contributed by atoms with Crippen molar-refractivity contribution in [2.75, 3.05) is 18.4 Å². The number of anilines is 1. The van der Waals surface area contributed by atoms with Crippen LogP contribution in [0.4, 0.5) is 10.5 Å². The average molecular weight is 381 g/mol. The Kier molecular flexibility index (Phi) is 4.52. The molecule has 2 aliphatic heterocycles. The Hall–Kier alpha value is -2.63. The fourth-order valence-corrected chi connectivity index (χ4v) is 4.23. The van der Waals surface area contributed by atoms with E-state index in [4.69, 9.17) is 0 Å². The van der Waals surface area contributed by atoms with Crippen molar-refractivity contribution in [1.29, 1.82) is 0 Å². The molecule has 0 bridgehead atoms. The van der Waals surface area contributed by atoms with E-state index in [-0.39, 0.29) is 41.1 Å². The van der Waals surface area contributed by atoms with Crippen molar-refractivity contribution >= 4 is 23.5 Å². The summed E-state index contributed by atoms with van der Waals surface area (Å²) in [6, 6.07) is 7.46. The quantitative estimate of drug-likeness (QED) is 0.632. The Labute approximate surface area is 165 Å². The number of allylic oxidation sites excluding steroid dienone is 2. The van der Waals surface area contributed by atoms with Gasteiger partial charge in [-0.15, -0.1) is 0 Å². The number of carbonyl (C=O) groups is 3. The molecular formula is C22H27N3O3. The van der Waals surface area contributed by atoms with Crippen LogP contribution in [0.5, 0.6) is 0 Å². The molecule has 1 aromatic carbocycles. The van der Waals surface area contributed by atoms with Crippen molar-refractivity contribution < 1.29 is 14.4 Å². The summed E-state index contributed by atoms with van der Waals surface area (Å²) in [5, 5.41) is 2.89. The van der Waals surface area contributed by atoms with Gasteiger partial charge in [-0.05, 0) is 36.0 Å². The molecule has 2 unspecified atom stereocenters. The Morgan fingerprint density at radius 2 is 1.50 bits per heavy atom. The molecule has 1 aliphatic carbocycles. The maximum absolute atomic E-state index is 12.6. The molecule has 1 aromatic rings. The fourth-order valence-electron chi connectivity index (χ4n) is 4.23. The van der Waals surface area contributed by atoms with Gasteiger partial charge in [0.1, 0.15) is 0 Å². The van der Waals surface area contributed by atoms with E-state index in [9.17, 15) is 14.4 Å². The van der Waals surface area contributed by atoms with Gasteiger partial charge < -0.3 is 10.2 Å². The van der Waals surface area contributed by atoms with Gasteiger partial charge in [-0.3, -0.25) is 14.5 Å². The first-order chi connectivity index (χ1) is 13.3. The second kappa shape index (κ2) is 6.76. The van der Waals surface area contributed by atoms with Gasteiger partial charge >= 0.3 is 6.03 Å². The minimum absolute atomic E-state index is 0.0642. The Morgan fingerprint density at radius 3 is 2.00 bits per heavy atom. The molecule has 28 heavy (non-hydrogen) atoms. The van der Waals surface area contributed by atoms with Crippen LogP contribution in [0, 0.1) is 11.8 Å². The lowest BCUT2D eigenvalue weighted by Crippen LogP contribution is -2.63. The smallest absolute Gasteiger partial charge is 0.320 e. The van der Waals surface area contributed by atoms with Crippen molar-refractivity contribution in [2.24, 2.45) is 11.8 Å². The monoisotopic (exact) mass is 381 g/mol. The second-order valence-electron chi connectivity index (χ2n) is 9.02. The van der Waals surface area contributed by atoms with Gasteiger partial charge in [0.05, 0.1) is 17.9 Å². The lowest BCUT2D eigenvalue weighted by atomic mass is 9.85. The van der Waals surface area contributed by atoms with Crippen molar-refractivity contribution in [3.05, 3.63) is 42.0 Å². The van der Waals surface area contributed by atoms with Crippen molar-refractivity contribution in [2.45, 2.75) is 45.1 Å². The number of nitrogens with zero attached hydrogens (tertiary/aromatic N) is 2. The Morgan fingerprint density at radius 1 is 0.964 bits per heavy atom. The zero-order chi connectivity index (χ0) is 20.1. The third-order valence-electron chi connectivity index (χ3n) is 6.06. The van der Waals surface area contributed by atoms with Crippen LogP contribution in [-0.2, 0) is 15.0 Å². The van der Waals surface area contributed by atoms with Crippen LogP contribution in [0.15, 0.2) is 36.4 Å². The number of benzene rings is 1. The Bertz CT molecular complexity index is 806. The number of amides is 4. The molecule has 1 N–H and O–H groups in total. The zero-order valence-corrected chi connectivity index (χ0v) is 16.6. The number of nitrogens with one attached hydrogen (secondary N) is 1. The van der Waals surface area contributed by atoms with E-state index in [0.717, 1.165) is 5.69 Å². The largest absolute Gasteiger partial charge is 0.321 e. The lowest BCUT2D eigenvalue weighted by molar-refractivity contribution is -0.145. The van der Waals surface area contributed by atoms with Crippen LogP contribution in [-0.4, -0.2) is 46.8 Å². The molecule has 2 saturated heterocycles. The van der Waals surface area contributed by atoms with E-state index in [0.29, 0.717) is 25.9 Å². The first-order valence-electron chi connectivity index (χ1n) is 9.94. The number of imide groups is 1. The summed E-state index contributed by atoms with van der Waals surface area (Å²) >= 11 is 0. The first kappa shape index (κ1) is 18.7. The van der Waals surface area contributed by atoms with Crippen molar-refractivity contribution in [1.82, 2.24) is 9.80 Å². The predicted molar refractivity (Wildman–Crippen MR) is 107 cm³/mol. The van der Waals surface area contributed by atoms with Crippen LogP contribution in [0.2, 0.25) is 0 Å². The molecule has 0 saturated carbocycles. The third-order valence-corrected chi connectivity index (χ3v) is 6.06. The maximum atomic E-state index is 12.6. The number of carbonyl (C=O) groups excluding carboxylic acids is 3. The molecule has 2 fully saturated rings. The highest BCUT2D eigenvalue weighted by molar-refractivity contribution is 6.06. The molecule has 2 atom stereocenters. The summed E-state index contributed by atoms with van der Waals surface area (Å²) in [5.74, 6) is -0.548. The average Bonchev–Trinajstić information content (AvgIpc) is 2.86. The molecule has 148 valence electrons. The van der Waals surface area contributed by atoms with E-state index in [1.807, 2.05) is 36.4 Å². The number of rotatable bonds is 2. The molecular weight excluding hydrogens is 354 g/mol. The van der Waals surface area contributed by atoms with Gasteiger partial charge in [0, 0.05) is 18.8 Å². The van der Waals surface area contributed by atoms with E-state index in [1.54, 1.807) is 4.90 Å². The zero-order valence-electron chi connectivity index (χ0n) is 16.6. The highest BCUT2D eigenvalue weighted by atomic mass is 16.2. The summed E-state index contributed by atoms with van der Waals surface area (Å²) in [5.41, 5.74) is 2.01. The topological polar surface area (TPSA) is 69.7 Å². The van der Waals surface area contributed by atoms with E-state index in [2.05, 4.69) is 26.1 Å². The van der Waals surface area contributed by atoms with Gasteiger partial charge in [0.25, 0.3) is 0 Å². The molecule has 2 heterocycles. The number of fused-ring (bicyclic) bond motifs is 1. The SMILES string of the molecule is CC(C)(C)c1ccc(NC(=O)N2CC(N3C(=O)C4CC=CCC4C3=O)C2)cc1. The number of hydrogen-bond acceptors (Lipinski definition) is 3. The molecule has 4 amide bonds. The fraction of sp³-hybridized carbons (Fsp3) is 0.500. The molecule has 6 heteroatoms. The normalized spacial score (nSPS) is 25.0. The Balaban J connectivity index is 1.33. The van der Waals surface area contributed by atoms with Crippen LogP contribution in [0.25, 0.3) is 0 Å². The van der Waals surface area contributed by atoms with Gasteiger partial charge in [0.15, 0.2) is 0 Å². The lowest BCUT2D eigenvalue weighted by Gasteiger charge is -2.43. The maximum Gasteiger partial charge on any atom is 0.321 e. The second-order valence-corrected chi connectivity index (χ2v) is 9.02. The van der Waals surface area contributed by atoms with Gasteiger partial charge in [0.2, 0.25) is 11.8 Å². The molecule has 3 aliphatic rings. The summed E-state index contributed by atoms with van der Waals surface area (Å²) in [6.07, 6.45) is 5.27. The number of urea groups is 1. The standard InChI is InChI=1S/C22H27N3O3/c1-22(2,3)14-8-10-15(11-9-14)23-21(28)24-12-16(13-24)25-19(26)17-6-4-5-7-18(17)20(25)27/h4-5,8-11,16-18H,6-7,12-13H2,1-3H3,(H,23,28). The van der Waals surface area contributed by atoms with E-state index < -0.39 is 0 Å². The molecule has 4 rings (SSSR count). The van der Waals surface area contributed by atoms with Gasteiger partial charge in [-0.25, -0.2) is 4.79 Å². The third kappa shape index (κ3) is 3.21. The minimum Gasteiger partial charge on any atom is -0.320 e. The van der Waals surface area contributed by atoms with Crippen LogP contribution >= 0.6 is 0 Å². The summed E-state index contributed by atoms with van der Waals surface area (Å²) < 4.78 is 0. The highest BCUT2D eigenvalue weighted by Gasteiger charge is 2.52. The van der Waals surface area contributed by atoms with Crippen molar-refractivity contribution in [3.8, 4) is 0 Å². The molecule has 6 nitrogen and oxygen atoms in total. The first-order valence-corrected chi connectivity index (χ1v) is 9.94.